The van der Waals surface area contributed by atoms with Crippen LogP contribution in [0.15, 0.2) is 47.5 Å². The summed E-state index contributed by atoms with van der Waals surface area (Å²) in [6, 6.07) is 9.97. The number of hydrogen-bond acceptors (Lipinski definition) is 4. The van der Waals surface area contributed by atoms with E-state index in [-0.39, 0.29) is 24.2 Å². The highest BCUT2D eigenvalue weighted by molar-refractivity contribution is 6.21. The maximum atomic E-state index is 13.5. The van der Waals surface area contributed by atoms with Crippen LogP contribution in [0.4, 0.5) is 8.78 Å². The number of carbonyl (C=O) groups excluding carboxylic acids is 2. The number of benzene rings is 2. The summed E-state index contributed by atoms with van der Waals surface area (Å²) >= 11 is 0. The Morgan fingerprint density at radius 1 is 1.00 bits per heavy atom. The third-order valence-electron chi connectivity index (χ3n) is 4.75. The summed E-state index contributed by atoms with van der Waals surface area (Å²) in [6.45, 7) is 1.49. The third-order valence-corrected chi connectivity index (χ3v) is 4.75. The number of halogens is 2. The number of fused-ring (bicyclic) bond motifs is 1. The molecule has 2 N–H and O–H groups in total. The molecule has 0 spiro atoms. The zero-order chi connectivity index (χ0) is 22.2. The molecule has 7 nitrogen and oxygen atoms in total. The number of aliphatic imine (C=N–C) groups is 1. The number of amides is 2. The molecule has 164 valence electrons. The molecule has 31 heavy (non-hydrogen) atoms. The molecule has 0 aliphatic carbocycles. The van der Waals surface area contributed by atoms with Crippen molar-refractivity contribution >= 4 is 17.8 Å². The second-order valence-corrected chi connectivity index (χ2v) is 6.86. The molecular weight excluding hydrogens is 406 g/mol. The normalized spacial score (nSPS) is 13.4. The third kappa shape index (κ3) is 5.56. The van der Waals surface area contributed by atoms with Gasteiger partial charge in [-0.3, -0.25) is 19.5 Å². The predicted molar refractivity (Wildman–Crippen MR) is 112 cm³/mol. The first kappa shape index (κ1) is 22.2. The van der Waals surface area contributed by atoms with Crippen molar-refractivity contribution in [3.8, 4) is 5.75 Å². The molecule has 0 saturated heterocycles. The van der Waals surface area contributed by atoms with Crippen molar-refractivity contribution in [3.05, 3.63) is 65.2 Å². The molecule has 0 atom stereocenters. The van der Waals surface area contributed by atoms with Gasteiger partial charge in [0.1, 0.15) is 12.4 Å². The second-order valence-electron chi connectivity index (χ2n) is 6.86. The molecule has 0 saturated carbocycles. The molecule has 1 aliphatic rings. The fourth-order valence-electron chi connectivity index (χ4n) is 3.19. The van der Waals surface area contributed by atoms with Crippen LogP contribution < -0.4 is 15.4 Å². The highest BCUT2D eigenvalue weighted by Gasteiger charge is 2.34. The van der Waals surface area contributed by atoms with E-state index in [1.54, 1.807) is 31.3 Å². The molecule has 0 unspecified atom stereocenters. The zero-order valence-electron chi connectivity index (χ0n) is 17.2. The smallest absolute Gasteiger partial charge is 0.261 e. The molecule has 0 bridgehead atoms. The van der Waals surface area contributed by atoms with Crippen molar-refractivity contribution in [1.29, 1.82) is 0 Å². The van der Waals surface area contributed by atoms with Gasteiger partial charge in [-0.05, 0) is 37.1 Å². The Morgan fingerprint density at radius 3 is 2.32 bits per heavy atom. The average molecular weight is 430 g/mol. The molecule has 1 heterocycles. The SMILES string of the molecule is CN=C(NCCCCN1C(=O)c2ccccc2C1=O)NCCOc1ccc(F)cc1F. The van der Waals surface area contributed by atoms with Crippen LogP contribution in [0.1, 0.15) is 33.6 Å². The lowest BCUT2D eigenvalue weighted by Crippen LogP contribution is -2.40. The number of hydrogen-bond donors (Lipinski definition) is 2. The standard InChI is InChI=1S/C22H24F2N4O3/c1-25-22(27-11-13-31-19-9-8-15(23)14-18(19)24)26-10-4-5-12-28-20(29)16-6-2-3-7-17(16)21(28)30/h2-3,6-9,14H,4-5,10-13H2,1H3,(H2,25,26,27). The van der Waals surface area contributed by atoms with Gasteiger partial charge in [0, 0.05) is 26.2 Å². The molecule has 9 heteroatoms. The minimum atomic E-state index is -0.749. The van der Waals surface area contributed by atoms with E-state index >= 15 is 0 Å². The number of ether oxygens (including phenoxy) is 1. The van der Waals surface area contributed by atoms with Crippen molar-refractivity contribution in [1.82, 2.24) is 15.5 Å². The number of imide groups is 1. The number of nitrogens with zero attached hydrogens (tertiary/aromatic N) is 2. The fraction of sp³-hybridized carbons (Fsp3) is 0.318. The number of carbonyl (C=O) groups is 2. The highest BCUT2D eigenvalue weighted by Crippen LogP contribution is 2.22. The summed E-state index contributed by atoms with van der Waals surface area (Å²) in [6.07, 6.45) is 1.38. The van der Waals surface area contributed by atoms with Crippen LogP contribution in [-0.2, 0) is 0 Å². The molecule has 0 aromatic heterocycles. The predicted octanol–water partition coefficient (Wildman–Crippen LogP) is 2.58. The Labute approximate surface area is 179 Å². The molecule has 1 aliphatic heterocycles. The van der Waals surface area contributed by atoms with Crippen molar-refractivity contribution in [3.63, 3.8) is 0 Å². The molecule has 0 radical (unpaired) electrons. The Hall–Kier alpha value is -3.49. The fourth-order valence-corrected chi connectivity index (χ4v) is 3.19. The maximum Gasteiger partial charge on any atom is 0.261 e. The van der Waals surface area contributed by atoms with Crippen LogP contribution in [0.5, 0.6) is 5.75 Å². The van der Waals surface area contributed by atoms with Crippen molar-refractivity contribution in [2.24, 2.45) is 4.99 Å². The molecule has 2 aromatic rings. The Bertz CT molecular complexity index is 946. The van der Waals surface area contributed by atoms with Gasteiger partial charge >= 0.3 is 0 Å². The van der Waals surface area contributed by atoms with Gasteiger partial charge in [0.15, 0.2) is 17.5 Å². The van der Waals surface area contributed by atoms with E-state index in [0.717, 1.165) is 18.6 Å². The largest absolute Gasteiger partial charge is 0.489 e. The number of unbranched alkanes of at least 4 members (excludes halogenated alkanes) is 1. The minimum Gasteiger partial charge on any atom is -0.489 e. The van der Waals surface area contributed by atoms with Gasteiger partial charge in [-0.2, -0.15) is 0 Å². The van der Waals surface area contributed by atoms with Crippen LogP contribution in [0.25, 0.3) is 0 Å². The average Bonchev–Trinajstić information content (AvgIpc) is 3.01. The van der Waals surface area contributed by atoms with Crippen molar-refractivity contribution in [2.45, 2.75) is 12.8 Å². The van der Waals surface area contributed by atoms with E-state index in [4.69, 9.17) is 4.74 Å². The van der Waals surface area contributed by atoms with Gasteiger partial charge in [0.05, 0.1) is 17.7 Å². The van der Waals surface area contributed by atoms with Crippen LogP contribution >= 0.6 is 0 Å². The first-order valence-electron chi connectivity index (χ1n) is 9.99. The first-order valence-corrected chi connectivity index (χ1v) is 9.99. The van der Waals surface area contributed by atoms with Crippen LogP contribution in [0, 0.1) is 11.6 Å². The number of nitrogens with one attached hydrogen (secondary N) is 2. The second kappa shape index (κ2) is 10.5. The van der Waals surface area contributed by atoms with Crippen molar-refractivity contribution in [2.75, 3.05) is 33.3 Å². The summed E-state index contributed by atoms with van der Waals surface area (Å²) in [5, 5.41) is 6.15. The van der Waals surface area contributed by atoms with Gasteiger partial charge in [0.2, 0.25) is 0 Å². The van der Waals surface area contributed by atoms with E-state index < -0.39 is 11.6 Å². The summed E-state index contributed by atoms with van der Waals surface area (Å²) in [7, 11) is 1.62. The lowest BCUT2D eigenvalue weighted by Gasteiger charge is -2.15. The lowest BCUT2D eigenvalue weighted by molar-refractivity contribution is 0.0652. The van der Waals surface area contributed by atoms with Crippen molar-refractivity contribution < 1.29 is 23.1 Å². The minimum absolute atomic E-state index is 0.0145. The molecule has 2 aromatic carbocycles. The van der Waals surface area contributed by atoms with E-state index in [1.165, 1.54) is 11.0 Å². The van der Waals surface area contributed by atoms with Gasteiger partial charge in [-0.1, -0.05) is 12.1 Å². The molecule has 0 fully saturated rings. The number of rotatable bonds is 9. The highest BCUT2D eigenvalue weighted by atomic mass is 19.1. The monoisotopic (exact) mass is 430 g/mol. The Kier molecular flexibility index (Phi) is 7.53. The van der Waals surface area contributed by atoms with Gasteiger partial charge in [0.25, 0.3) is 11.8 Å². The summed E-state index contributed by atoms with van der Waals surface area (Å²) in [5.74, 6) is -1.37. The zero-order valence-corrected chi connectivity index (χ0v) is 17.2. The van der Waals surface area contributed by atoms with E-state index in [2.05, 4.69) is 15.6 Å². The van der Waals surface area contributed by atoms with Gasteiger partial charge in [-0.25, -0.2) is 8.78 Å². The summed E-state index contributed by atoms with van der Waals surface area (Å²) in [5.41, 5.74) is 0.913. The van der Waals surface area contributed by atoms with Crippen LogP contribution in [0.2, 0.25) is 0 Å². The van der Waals surface area contributed by atoms with Crippen LogP contribution in [-0.4, -0.2) is 56.0 Å². The van der Waals surface area contributed by atoms with E-state index in [9.17, 15) is 18.4 Å². The lowest BCUT2D eigenvalue weighted by atomic mass is 10.1. The Balaban J connectivity index is 1.32. The Morgan fingerprint density at radius 2 is 1.68 bits per heavy atom. The van der Waals surface area contributed by atoms with Gasteiger partial charge in [-0.15, -0.1) is 0 Å². The van der Waals surface area contributed by atoms with E-state index in [0.29, 0.717) is 43.1 Å². The topological polar surface area (TPSA) is 83.0 Å². The molecule has 3 rings (SSSR count). The molecular formula is C22H24F2N4O3. The first-order chi connectivity index (χ1) is 15.0. The molecule has 2 amide bonds. The maximum absolute atomic E-state index is 13.5. The summed E-state index contributed by atoms with van der Waals surface area (Å²) < 4.78 is 31.7. The number of guanidine groups is 1. The van der Waals surface area contributed by atoms with Gasteiger partial charge < -0.3 is 15.4 Å². The quantitative estimate of drug-likeness (QED) is 0.277. The summed E-state index contributed by atoms with van der Waals surface area (Å²) in [4.78, 5) is 30.0. The van der Waals surface area contributed by atoms with Crippen LogP contribution in [0.3, 0.4) is 0 Å². The van der Waals surface area contributed by atoms with E-state index in [1.807, 2.05) is 0 Å².